The lowest BCUT2D eigenvalue weighted by molar-refractivity contribution is -0.115. The summed E-state index contributed by atoms with van der Waals surface area (Å²) in [6, 6.07) is 7.05. The average molecular weight is 291 g/mol. The Morgan fingerprint density at radius 3 is 2.86 bits per heavy atom. The summed E-state index contributed by atoms with van der Waals surface area (Å²) in [6.07, 6.45) is 3.91. The normalized spacial score (nSPS) is 22.4. The lowest BCUT2D eigenvalue weighted by atomic mass is 10.1. The molecule has 4 nitrogen and oxygen atoms in total. The maximum absolute atomic E-state index is 13.4. The lowest BCUT2D eigenvalue weighted by Gasteiger charge is -2.15. The van der Waals surface area contributed by atoms with Crippen LogP contribution >= 0.6 is 0 Å². The number of carbonyl (C=O) groups excluding carboxylic acids is 1. The molecule has 0 spiro atoms. The second-order valence-electron chi connectivity index (χ2n) is 6.04. The van der Waals surface area contributed by atoms with Gasteiger partial charge in [0.1, 0.15) is 5.82 Å². The first-order chi connectivity index (χ1) is 10.2. The molecule has 1 aromatic rings. The standard InChI is InChI=1S/C16H22FN3O/c17-14-3-1-2-4-15(14)19-16(21)10-18-9-12-7-8-20(11-12)13-5-6-13/h1-4,12-13,18H,5-11H2,(H,19,21). The number of para-hydroxylation sites is 1. The summed E-state index contributed by atoms with van der Waals surface area (Å²) in [5.74, 6) is 0.0331. The van der Waals surface area contributed by atoms with Gasteiger partial charge >= 0.3 is 0 Å². The Balaban J connectivity index is 1.35. The SMILES string of the molecule is O=C(CNCC1CCN(C2CC2)C1)Nc1ccccc1F. The van der Waals surface area contributed by atoms with Crippen LogP contribution in [0.5, 0.6) is 0 Å². The van der Waals surface area contributed by atoms with Crippen molar-refractivity contribution in [3.63, 3.8) is 0 Å². The van der Waals surface area contributed by atoms with Gasteiger partial charge in [-0.2, -0.15) is 0 Å². The van der Waals surface area contributed by atoms with Crippen LogP contribution in [0, 0.1) is 11.7 Å². The summed E-state index contributed by atoms with van der Waals surface area (Å²) in [5.41, 5.74) is 0.241. The Kier molecular flexibility index (Phi) is 4.51. The summed E-state index contributed by atoms with van der Waals surface area (Å²) in [6.45, 7) is 3.42. The number of halogens is 1. The van der Waals surface area contributed by atoms with E-state index in [0.29, 0.717) is 5.92 Å². The molecule has 114 valence electrons. The van der Waals surface area contributed by atoms with E-state index in [0.717, 1.165) is 19.1 Å². The third-order valence-corrected chi connectivity index (χ3v) is 4.25. The van der Waals surface area contributed by atoms with Crippen LogP contribution in [0.2, 0.25) is 0 Å². The van der Waals surface area contributed by atoms with Gasteiger partial charge in [0.05, 0.1) is 12.2 Å². The molecule has 0 radical (unpaired) electrons. The molecule has 1 aliphatic carbocycles. The molecule has 1 heterocycles. The van der Waals surface area contributed by atoms with E-state index >= 15 is 0 Å². The first-order valence-electron chi connectivity index (χ1n) is 7.71. The third-order valence-electron chi connectivity index (χ3n) is 4.25. The van der Waals surface area contributed by atoms with Crippen LogP contribution in [0.3, 0.4) is 0 Å². The molecule has 2 aliphatic rings. The molecule has 1 saturated carbocycles. The second kappa shape index (κ2) is 6.54. The molecule has 0 aromatic heterocycles. The largest absolute Gasteiger partial charge is 0.322 e. The van der Waals surface area contributed by atoms with Crippen LogP contribution < -0.4 is 10.6 Å². The molecular weight excluding hydrogens is 269 g/mol. The molecule has 1 saturated heterocycles. The number of nitrogens with one attached hydrogen (secondary N) is 2. The van der Waals surface area contributed by atoms with Gasteiger partial charge in [0.2, 0.25) is 5.91 Å². The van der Waals surface area contributed by atoms with Crippen LogP contribution in [0.4, 0.5) is 10.1 Å². The maximum Gasteiger partial charge on any atom is 0.238 e. The Labute approximate surface area is 124 Å². The number of amides is 1. The molecule has 2 N–H and O–H groups in total. The van der Waals surface area contributed by atoms with Crippen molar-refractivity contribution in [1.82, 2.24) is 10.2 Å². The Bertz CT molecular complexity index is 504. The fourth-order valence-corrected chi connectivity index (χ4v) is 2.95. The van der Waals surface area contributed by atoms with Crippen molar-refractivity contribution < 1.29 is 9.18 Å². The van der Waals surface area contributed by atoms with E-state index in [9.17, 15) is 9.18 Å². The Hall–Kier alpha value is -1.46. The molecule has 1 atom stereocenters. The number of hydrogen-bond donors (Lipinski definition) is 2. The van der Waals surface area contributed by atoms with Crippen LogP contribution in [0.1, 0.15) is 19.3 Å². The molecule has 0 bridgehead atoms. The number of rotatable bonds is 6. The summed E-state index contributed by atoms with van der Waals surface area (Å²) < 4.78 is 13.4. The van der Waals surface area contributed by atoms with Crippen molar-refractivity contribution in [2.45, 2.75) is 25.3 Å². The number of hydrogen-bond acceptors (Lipinski definition) is 3. The predicted octanol–water partition coefficient (Wildman–Crippen LogP) is 1.84. The summed E-state index contributed by atoms with van der Waals surface area (Å²) in [7, 11) is 0. The van der Waals surface area contributed by atoms with Gasteiger partial charge in [-0.15, -0.1) is 0 Å². The highest BCUT2D eigenvalue weighted by Gasteiger charge is 2.34. The molecule has 1 amide bonds. The molecule has 21 heavy (non-hydrogen) atoms. The zero-order chi connectivity index (χ0) is 14.7. The van der Waals surface area contributed by atoms with Crippen molar-refractivity contribution in [1.29, 1.82) is 0 Å². The first-order valence-corrected chi connectivity index (χ1v) is 7.71. The highest BCUT2D eigenvalue weighted by atomic mass is 19.1. The van der Waals surface area contributed by atoms with E-state index in [2.05, 4.69) is 15.5 Å². The molecule has 1 aromatic carbocycles. The van der Waals surface area contributed by atoms with Crippen LogP contribution in [-0.2, 0) is 4.79 Å². The van der Waals surface area contributed by atoms with Crippen LogP contribution in [-0.4, -0.2) is 43.0 Å². The minimum atomic E-state index is -0.401. The number of anilines is 1. The molecule has 3 rings (SSSR count). The second-order valence-corrected chi connectivity index (χ2v) is 6.04. The zero-order valence-corrected chi connectivity index (χ0v) is 12.1. The minimum Gasteiger partial charge on any atom is -0.322 e. The average Bonchev–Trinajstić information content (AvgIpc) is 3.22. The third kappa shape index (κ3) is 4.02. The van der Waals surface area contributed by atoms with Crippen molar-refractivity contribution in [3.05, 3.63) is 30.1 Å². The van der Waals surface area contributed by atoms with Gasteiger partial charge < -0.3 is 15.5 Å². The highest BCUT2D eigenvalue weighted by Crippen LogP contribution is 2.31. The maximum atomic E-state index is 13.4. The zero-order valence-electron chi connectivity index (χ0n) is 12.1. The monoisotopic (exact) mass is 291 g/mol. The fourth-order valence-electron chi connectivity index (χ4n) is 2.95. The van der Waals surface area contributed by atoms with Crippen molar-refractivity contribution in [2.24, 2.45) is 5.92 Å². The van der Waals surface area contributed by atoms with Gasteiger partial charge in [0.15, 0.2) is 0 Å². The lowest BCUT2D eigenvalue weighted by Crippen LogP contribution is -2.33. The topological polar surface area (TPSA) is 44.4 Å². The number of carbonyl (C=O) groups is 1. The van der Waals surface area contributed by atoms with E-state index in [1.54, 1.807) is 18.2 Å². The van der Waals surface area contributed by atoms with E-state index in [1.165, 1.54) is 31.9 Å². The molecule has 5 heteroatoms. The number of benzene rings is 1. The number of nitrogens with zero attached hydrogens (tertiary/aromatic N) is 1. The summed E-state index contributed by atoms with van der Waals surface area (Å²) >= 11 is 0. The van der Waals surface area contributed by atoms with Gasteiger partial charge in [-0.1, -0.05) is 12.1 Å². The van der Waals surface area contributed by atoms with Crippen molar-refractivity contribution in [2.75, 3.05) is 31.5 Å². The van der Waals surface area contributed by atoms with Crippen molar-refractivity contribution in [3.8, 4) is 0 Å². The van der Waals surface area contributed by atoms with Gasteiger partial charge in [-0.3, -0.25) is 4.79 Å². The minimum absolute atomic E-state index is 0.197. The molecular formula is C16H22FN3O. The Morgan fingerprint density at radius 2 is 2.10 bits per heavy atom. The molecule has 1 unspecified atom stereocenters. The van der Waals surface area contributed by atoms with Crippen LogP contribution in [0.25, 0.3) is 0 Å². The van der Waals surface area contributed by atoms with E-state index in [1.807, 2.05) is 0 Å². The van der Waals surface area contributed by atoms with E-state index in [-0.39, 0.29) is 18.1 Å². The number of likely N-dealkylation sites (tertiary alicyclic amines) is 1. The van der Waals surface area contributed by atoms with Crippen LogP contribution in [0.15, 0.2) is 24.3 Å². The van der Waals surface area contributed by atoms with Gasteiger partial charge in [0, 0.05) is 12.6 Å². The molecule has 1 aliphatic heterocycles. The quantitative estimate of drug-likeness (QED) is 0.840. The van der Waals surface area contributed by atoms with Gasteiger partial charge in [-0.25, -0.2) is 4.39 Å². The predicted molar refractivity (Wildman–Crippen MR) is 80.6 cm³/mol. The van der Waals surface area contributed by atoms with E-state index < -0.39 is 5.82 Å². The Morgan fingerprint density at radius 1 is 1.29 bits per heavy atom. The summed E-state index contributed by atoms with van der Waals surface area (Å²) in [4.78, 5) is 14.3. The molecule has 2 fully saturated rings. The first kappa shape index (κ1) is 14.5. The highest BCUT2D eigenvalue weighted by molar-refractivity contribution is 5.92. The summed E-state index contributed by atoms with van der Waals surface area (Å²) in [5, 5.41) is 5.77. The van der Waals surface area contributed by atoms with E-state index in [4.69, 9.17) is 0 Å². The van der Waals surface area contributed by atoms with Gasteiger partial charge in [-0.05, 0) is 50.4 Å². The van der Waals surface area contributed by atoms with Crippen molar-refractivity contribution >= 4 is 11.6 Å². The smallest absolute Gasteiger partial charge is 0.238 e. The van der Waals surface area contributed by atoms with Gasteiger partial charge in [0.25, 0.3) is 0 Å². The fraction of sp³-hybridized carbons (Fsp3) is 0.562.